The zero-order chi connectivity index (χ0) is 29.6. The van der Waals surface area contributed by atoms with E-state index in [0.717, 1.165) is 23.4 Å². The quantitative estimate of drug-likeness (QED) is 0.207. The van der Waals surface area contributed by atoms with Crippen molar-refractivity contribution in [2.45, 2.75) is 38.1 Å². The average Bonchev–Trinajstić information content (AvgIpc) is 3.67. The van der Waals surface area contributed by atoms with E-state index in [9.17, 15) is 0 Å². The molecular weight excluding hydrogens is 555 g/mol. The summed E-state index contributed by atoms with van der Waals surface area (Å²) >= 11 is 1.85. The molecule has 3 aromatic heterocycles. The number of aromatic nitrogens is 3. The molecule has 0 amide bonds. The van der Waals surface area contributed by atoms with Crippen LogP contribution >= 0.6 is 11.3 Å². The Morgan fingerprint density at radius 2 is 1.43 bits per heavy atom. The Morgan fingerprint density at radius 3 is 2.16 bits per heavy atom. The molecule has 1 atom stereocenters. The third kappa shape index (κ3) is 3.67. The van der Waals surface area contributed by atoms with Crippen molar-refractivity contribution in [1.29, 1.82) is 0 Å². The van der Waals surface area contributed by atoms with Crippen LogP contribution in [0.3, 0.4) is 0 Å². The minimum Gasteiger partial charge on any atom is -0.315 e. The van der Waals surface area contributed by atoms with Gasteiger partial charge in [-0.3, -0.25) is 4.98 Å². The summed E-state index contributed by atoms with van der Waals surface area (Å²) in [5, 5.41) is 1.25. The van der Waals surface area contributed by atoms with Crippen molar-refractivity contribution in [3.8, 4) is 33.4 Å². The first-order chi connectivity index (χ1) is 21.4. The maximum atomic E-state index is 5.01. The highest BCUT2D eigenvalue weighted by molar-refractivity contribution is 7.25. The second-order valence-electron chi connectivity index (χ2n) is 13.0. The summed E-state index contributed by atoms with van der Waals surface area (Å²) in [7, 11) is 0. The predicted octanol–water partition coefficient (Wildman–Crippen LogP) is 10.3. The Balaban J connectivity index is 1.03. The summed E-state index contributed by atoms with van der Waals surface area (Å²) in [5.41, 5.74) is 12.6. The molecular formula is C40H31N3S. The van der Waals surface area contributed by atoms with Gasteiger partial charge in [-0.1, -0.05) is 99.6 Å². The van der Waals surface area contributed by atoms with Crippen molar-refractivity contribution < 1.29 is 0 Å². The Bertz CT molecular complexity index is 2290. The highest BCUT2D eigenvalue weighted by Gasteiger charge is 2.36. The molecule has 0 saturated carbocycles. The molecule has 0 bridgehead atoms. The third-order valence-corrected chi connectivity index (χ3v) is 11.1. The van der Waals surface area contributed by atoms with E-state index in [2.05, 4.69) is 133 Å². The van der Waals surface area contributed by atoms with Gasteiger partial charge in [-0.2, -0.15) is 0 Å². The average molecular weight is 586 g/mol. The van der Waals surface area contributed by atoms with Crippen LogP contribution in [0.25, 0.3) is 59.9 Å². The molecule has 0 N–H and O–H groups in total. The molecule has 4 heterocycles. The lowest BCUT2D eigenvalue weighted by atomic mass is 9.79. The molecule has 2 aliphatic rings. The molecule has 0 radical (unpaired) electrons. The molecule has 1 aliphatic heterocycles. The van der Waals surface area contributed by atoms with Crippen LogP contribution in [0.2, 0.25) is 0 Å². The van der Waals surface area contributed by atoms with Crippen molar-refractivity contribution in [3.05, 3.63) is 138 Å². The lowest BCUT2D eigenvalue weighted by Crippen LogP contribution is -2.29. The van der Waals surface area contributed by atoms with Crippen LogP contribution in [-0.2, 0) is 17.4 Å². The van der Waals surface area contributed by atoms with Gasteiger partial charge < -0.3 is 4.57 Å². The van der Waals surface area contributed by atoms with Crippen molar-refractivity contribution in [3.63, 3.8) is 0 Å². The van der Waals surface area contributed by atoms with E-state index in [-0.39, 0.29) is 10.8 Å². The van der Waals surface area contributed by atoms with Crippen LogP contribution in [0, 0.1) is 0 Å². The van der Waals surface area contributed by atoms with Gasteiger partial charge in [-0.05, 0) is 80.4 Å². The maximum absolute atomic E-state index is 5.01. The zero-order valence-electron chi connectivity index (χ0n) is 25.0. The first-order valence-corrected chi connectivity index (χ1v) is 16.1. The van der Waals surface area contributed by atoms with E-state index >= 15 is 0 Å². The Hall–Kier alpha value is -4.80. The highest BCUT2D eigenvalue weighted by atomic mass is 32.1. The van der Waals surface area contributed by atoms with Gasteiger partial charge in [0.2, 0.25) is 0 Å². The van der Waals surface area contributed by atoms with E-state index in [1.54, 1.807) is 0 Å². The van der Waals surface area contributed by atoms with Crippen LogP contribution < -0.4 is 0 Å². The standard InChI is InChI=1S/C40H31N3S/c1-39(2)33-21-26(12-16-30(33)31-17-13-27(22-34(31)39)28-7-6-20-41-23-28)25-10-14-29(15-11-25)40(3)19-18-36-42-37-32-8-4-5-9-35(32)44-38(37)43(36)24-40/h4-23H,24H2,1-3H3. The van der Waals surface area contributed by atoms with Crippen LogP contribution in [-0.4, -0.2) is 14.5 Å². The topological polar surface area (TPSA) is 30.7 Å². The number of benzene rings is 4. The van der Waals surface area contributed by atoms with Gasteiger partial charge in [0, 0.05) is 39.9 Å². The van der Waals surface area contributed by atoms with Crippen LogP contribution in [0.15, 0.2) is 116 Å². The number of hydrogen-bond donors (Lipinski definition) is 0. The molecule has 0 fully saturated rings. The van der Waals surface area contributed by atoms with E-state index in [4.69, 9.17) is 4.98 Å². The van der Waals surface area contributed by atoms with E-state index in [1.807, 2.05) is 29.8 Å². The molecule has 0 spiro atoms. The number of fused-ring (bicyclic) bond motifs is 8. The summed E-state index contributed by atoms with van der Waals surface area (Å²) in [4.78, 5) is 10.6. The van der Waals surface area contributed by atoms with E-state index < -0.39 is 0 Å². The summed E-state index contributed by atoms with van der Waals surface area (Å²) in [6.45, 7) is 7.93. The lowest BCUT2D eigenvalue weighted by molar-refractivity contribution is 0.483. The number of hydrogen-bond acceptors (Lipinski definition) is 3. The Labute approximate surface area is 261 Å². The summed E-state index contributed by atoms with van der Waals surface area (Å²) in [5.74, 6) is 1.06. The minimum atomic E-state index is -0.108. The molecule has 3 nitrogen and oxygen atoms in total. The van der Waals surface area contributed by atoms with E-state index in [0.29, 0.717) is 0 Å². The number of thiophene rings is 1. The first kappa shape index (κ1) is 25.7. The Kier molecular flexibility index (Phi) is 5.31. The molecule has 44 heavy (non-hydrogen) atoms. The highest BCUT2D eigenvalue weighted by Crippen LogP contribution is 2.50. The lowest BCUT2D eigenvalue weighted by Gasteiger charge is -2.31. The van der Waals surface area contributed by atoms with Gasteiger partial charge in [0.05, 0.1) is 0 Å². The second kappa shape index (κ2) is 9.10. The monoisotopic (exact) mass is 585 g/mol. The Morgan fingerprint density at radius 1 is 0.727 bits per heavy atom. The number of nitrogens with zero attached hydrogens (tertiary/aromatic N) is 3. The largest absolute Gasteiger partial charge is 0.315 e. The molecule has 4 aromatic carbocycles. The first-order valence-electron chi connectivity index (χ1n) is 15.3. The molecule has 1 unspecified atom stereocenters. The van der Waals surface area contributed by atoms with Crippen LogP contribution in [0.4, 0.5) is 0 Å². The number of allylic oxidation sites excluding steroid dienone is 1. The van der Waals surface area contributed by atoms with Gasteiger partial charge in [-0.15, -0.1) is 11.3 Å². The SMILES string of the molecule is CC1(c2ccc(-c3ccc4c(c3)C(C)(C)c3cc(-c5cccnc5)ccc3-4)cc2)C=Cc2nc3c4ccccc4sc3n2C1. The fourth-order valence-corrected chi connectivity index (χ4v) is 8.52. The predicted molar refractivity (Wildman–Crippen MR) is 184 cm³/mol. The van der Waals surface area contributed by atoms with Gasteiger partial charge in [-0.25, -0.2) is 4.98 Å². The van der Waals surface area contributed by atoms with Gasteiger partial charge in [0.15, 0.2) is 0 Å². The molecule has 212 valence electrons. The normalized spacial score (nSPS) is 18.0. The van der Waals surface area contributed by atoms with Gasteiger partial charge in [0.25, 0.3) is 0 Å². The minimum absolute atomic E-state index is 0.0837. The number of imidazole rings is 1. The van der Waals surface area contributed by atoms with Crippen LogP contribution in [0.1, 0.15) is 43.3 Å². The molecule has 0 saturated heterocycles. The number of pyridine rings is 1. The zero-order valence-corrected chi connectivity index (χ0v) is 25.8. The summed E-state index contributed by atoms with van der Waals surface area (Å²) in [6.07, 6.45) is 8.32. The van der Waals surface area contributed by atoms with Gasteiger partial charge >= 0.3 is 0 Å². The molecule has 7 aromatic rings. The van der Waals surface area contributed by atoms with Crippen molar-refractivity contribution in [2.75, 3.05) is 0 Å². The summed E-state index contributed by atoms with van der Waals surface area (Å²) < 4.78 is 3.71. The molecule has 9 rings (SSSR count). The smallest absolute Gasteiger partial charge is 0.134 e. The van der Waals surface area contributed by atoms with Gasteiger partial charge in [0.1, 0.15) is 16.2 Å². The van der Waals surface area contributed by atoms with Crippen molar-refractivity contribution in [2.24, 2.45) is 0 Å². The fraction of sp³-hybridized carbons (Fsp3) is 0.150. The van der Waals surface area contributed by atoms with E-state index in [1.165, 1.54) is 59.4 Å². The molecule has 1 aliphatic carbocycles. The van der Waals surface area contributed by atoms with Crippen molar-refractivity contribution in [1.82, 2.24) is 14.5 Å². The fourth-order valence-electron chi connectivity index (χ4n) is 7.37. The molecule has 4 heteroatoms. The third-order valence-electron chi connectivity index (χ3n) is 9.93. The van der Waals surface area contributed by atoms with Crippen LogP contribution in [0.5, 0.6) is 0 Å². The summed E-state index contributed by atoms with van der Waals surface area (Å²) in [6, 6.07) is 35.9. The second-order valence-corrected chi connectivity index (χ2v) is 14.1. The maximum Gasteiger partial charge on any atom is 0.134 e. The number of rotatable bonds is 3. The van der Waals surface area contributed by atoms with Crippen molar-refractivity contribution >= 4 is 37.8 Å².